The average molecular weight is 387 g/mol. The lowest BCUT2D eigenvalue weighted by atomic mass is 10.1. The normalized spacial score (nSPS) is 10.8. The second kappa shape index (κ2) is 7.01. The molecule has 0 radical (unpaired) electrons. The van der Waals surface area contributed by atoms with E-state index in [1.165, 1.54) is 0 Å². The van der Waals surface area contributed by atoms with Gasteiger partial charge in [-0.05, 0) is 24.6 Å². The molecule has 122 valence electrons. The summed E-state index contributed by atoms with van der Waals surface area (Å²) in [5, 5.41) is 0.884. The molecule has 3 aromatic rings. The van der Waals surface area contributed by atoms with E-state index in [1.807, 2.05) is 31.2 Å². The highest BCUT2D eigenvalue weighted by Crippen LogP contribution is 2.23. The van der Waals surface area contributed by atoms with Gasteiger partial charge in [-0.25, -0.2) is 0 Å². The van der Waals surface area contributed by atoms with Crippen molar-refractivity contribution in [3.63, 3.8) is 0 Å². The Balaban J connectivity index is 1.63. The van der Waals surface area contributed by atoms with Gasteiger partial charge in [-0.3, -0.25) is 9.59 Å². The number of Topliss-reactive ketones (excluding diaryl/α,β-unsaturated/α-hetero) is 1. The first kappa shape index (κ1) is 16.5. The third-order valence-corrected chi connectivity index (χ3v) is 4.38. The van der Waals surface area contributed by atoms with Crippen LogP contribution < -0.4 is 0 Å². The Bertz CT molecular complexity index is 911. The molecule has 0 bridgehead atoms. The number of ketones is 1. The molecule has 1 aromatic heterocycles. The molecule has 0 aliphatic carbocycles. The zero-order valence-corrected chi connectivity index (χ0v) is 14.6. The number of hydrogen-bond acceptors (Lipinski definition) is 4. The summed E-state index contributed by atoms with van der Waals surface area (Å²) in [6.07, 6.45) is 1.63. The maximum Gasteiger partial charge on any atom is 0.310 e. The smallest absolute Gasteiger partial charge is 0.310 e. The summed E-state index contributed by atoms with van der Waals surface area (Å²) in [4.78, 5) is 24.1. The van der Waals surface area contributed by atoms with Crippen molar-refractivity contribution in [3.8, 4) is 0 Å². The molecule has 0 unspecified atom stereocenters. The summed E-state index contributed by atoms with van der Waals surface area (Å²) in [6, 6.07) is 12.8. The van der Waals surface area contributed by atoms with Crippen LogP contribution in [0.25, 0.3) is 11.0 Å². The molecule has 0 aliphatic heterocycles. The quantitative estimate of drug-likeness (QED) is 0.479. The van der Waals surface area contributed by atoms with Crippen LogP contribution in [-0.2, 0) is 16.0 Å². The molecule has 4 nitrogen and oxygen atoms in total. The van der Waals surface area contributed by atoms with Crippen LogP contribution in [0.15, 0.2) is 57.6 Å². The molecular weight excluding hydrogens is 372 g/mol. The number of aryl methyl sites for hydroxylation is 1. The average Bonchev–Trinajstić information content (AvgIpc) is 2.95. The maximum absolute atomic E-state index is 12.1. The molecule has 1 heterocycles. The monoisotopic (exact) mass is 386 g/mol. The third kappa shape index (κ3) is 3.57. The number of ether oxygens (including phenoxy) is 1. The fraction of sp³-hybridized carbons (Fsp3) is 0.158. The van der Waals surface area contributed by atoms with Crippen molar-refractivity contribution in [2.45, 2.75) is 13.3 Å². The number of carbonyl (C=O) groups is 2. The van der Waals surface area contributed by atoms with Crippen LogP contribution in [0.1, 0.15) is 21.5 Å². The zero-order chi connectivity index (χ0) is 17.1. The molecular formula is C19H15BrO4. The highest BCUT2D eigenvalue weighted by Gasteiger charge is 2.15. The van der Waals surface area contributed by atoms with E-state index in [9.17, 15) is 9.59 Å². The summed E-state index contributed by atoms with van der Waals surface area (Å²) < 4.78 is 11.3. The Morgan fingerprint density at radius 1 is 1.17 bits per heavy atom. The maximum atomic E-state index is 12.1. The van der Waals surface area contributed by atoms with Gasteiger partial charge in [0.15, 0.2) is 6.61 Å². The van der Waals surface area contributed by atoms with Gasteiger partial charge in [-0.2, -0.15) is 0 Å². The van der Waals surface area contributed by atoms with E-state index in [0.717, 1.165) is 22.1 Å². The standard InChI is InChI=1S/C19H15BrO4/c1-12-6-7-14-13(10-23-18(14)8-12)9-19(22)24-11-17(21)15-4-2-3-5-16(15)20/h2-8,10H,9,11H2,1H3. The number of esters is 1. The van der Waals surface area contributed by atoms with Crippen LogP contribution in [0.4, 0.5) is 0 Å². The summed E-state index contributed by atoms with van der Waals surface area (Å²) >= 11 is 3.31. The van der Waals surface area contributed by atoms with Crippen molar-refractivity contribution >= 4 is 38.7 Å². The van der Waals surface area contributed by atoms with Gasteiger partial charge in [0.2, 0.25) is 5.78 Å². The third-order valence-electron chi connectivity index (χ3n) is 3.68. The van der Waals surface area contributed by atoms with Crippen LogP contribution in [0.5, 0.6) is 0 Å². The summed E-state index contributed by atoms with van der Waals surface area (Å²) in [7, 11) is 0. The van der Waals surface area contributed by atoms with E-state index >= 15 is 0 Å². The number of benzene rings is 2. The Morgan fingerprint density at radius 2 is 1.96 bits per heavy atom. The highest BCUT2D eigenvalue weighted by atomic mass is 79.9. The van der Waals surface area contributed by atoms with Crippen molar-refractivity contribution < 1.29 is 18.7 Å². The van der Waals surface area contributed by atoms with Gasteiger partial charge in [0.05, 0.1) is 12.7 Å². The topological polar surface area (TPSA) is 56.5 Å². The van der Waals surface area contributed by atoms with Crippen LogP contribution in [0.3, 0.4) is 0 Å². The first-order valence-corrected chi connectivity index (χ1v) is 8.24. The second-order valence-electron chi connectivity index (χ2n) is 5.50. The fourth-order valence-corrected chi connectivity index (χ4v) is 2.95. The zero-order valence-electron chi connectivity index (χ0n) is 13.0. The Labute approximate surface area is 147 Å². The minimum atomic E-state index is -0.460. The molecule has 5 heteroatoms. The van der Waals surface area contributed by atoms with E-state index in [1.54, 1.807) is 24.5 Å². The minimum Gasteiger partial charge on any atom is -0.464 e. The predicted molar refractivity (Wildman–Crippen MR) is 94.1 cm³/mol. The predicted octanol–water partition coefficient (Wildman–Crippen LogP) is 4.47. The molecule has 0 aliphatic rings. The Hall–Kier alpha value is -2.40. The lowest BCUT2D eigenvalue weighted by Gasteiger charge is -2.05. The summed E-state index contributed by atoms with van der Waals surface area (Å²) in [5.74, 6) is -0.706. The first-order valence-electron chi connectivity index (χ1n) is 7.44. The van der Waals surface area contributed by atoms with Crippen molar-refractivity contribution in [1.29, 1.82) is 0 Å². The second-order valence-corrected chi connectivity index (χ2v) is 6.36. The van der Waals surface area contributed by atoms with Gasteiger partial charge in [-0.1, -0.05) is 46.3 Å². The molecule has 0 spiro atoms. The molecule has 0 N–H and O–H groups in total. The number of furan rings is 1. The molecule has 0 amide bonds. The van der Waals surface area contributed by atoms with Crippen molar-refractivity contribution in [1.82, 2.24) is 0 Å². The van der Waals surface area contributed by atoms with Crippen molar-refractivity contribution in [3.05, 3.63) is 69.9 Å². The fourth-order valence-electron chi connectivity index (χ4n) is 2.45. The van der Waals surface area contributed by atoms with Gasteiger partial charge in [-0.15, -0.1) is 0 Å². The number of rotatable bonds is 5. The summed E-state index contributed by atoms with van der Waals surface area (Å²) in [5.41, 5.74) is 3.07. The molecule has 0 fully saturated rings. The Kier molecular flexibility index (Phi) is 4.81. The van der Waals surface area contributed by atoms with Crippen LogP contribution in [-0.4, -0.2) is 18.4 Å². The van der Waals surface area contributed by atoms with Crippen LogP contribution >= 0.6 is 15.9 Å². The van der Waals surface area contributed by atoms with Crippen LogP contribution in [0.2, 0.25) is 0 Å². The van der Waals surface area contributed by atoms with Gasteiger partial charge in [0, 0.05) is 21.0 Å². The number of hydrogen-bond donors (Lipinski definition) is 0. The van der Waals surface area contributed by atoms with Crippen molar-refractivity contribution in [2.24, 2.45) is 0 Å². The van der Waals surface area contributed by atoms with Gasteiger partial charge >= 0.3 is 5.97 Å². The minimum absolute atomic E-state index is 0.0688. The summed E-state index contributed by atoms with van der Waals surface area (Å²) in [6.45, 7) is 1.69. The van der Waals surface area contributed by atoms with Gasteiger partial charge in [0.1, 0.15) is 5.58 Å². The number of fused-ring (bicyclic) bond motifs is 1. The van der Waals surface area contributed by atoms with Crippen molar-refractivity contribution in [2.75, 3.05) is 6.61 Å². The Morgan fingerprint density at radius 3 is 2.75 bits per heavy atom. The van der Waals surface area contributed by atoms with Gasteiger partial charge < -0.3 is 9.15 Å². The molecule has 0 saturated carbocycles. The lowest BCUT2D eigenvalue weighted by molar-refractivity contribution is -0.141. The molecule has 2 aromatic carbocycles. The van der Waals surface area contributed by atoms with E-state index in [2.05, 4.69) is 15.9 Å². The largest absolute Gasteiger partial charge is 0.464 e. The van der Waals surface area contributed by atoms with E-state index in [-0.39, 0.29) is 18.8 Å². The SMILES string of the molecule is Cc1ccc2c(CC(=O)OCC(=O)c3ccccc3Br)coc2c1. The van der Waals surface area contributed by atoms with E-state index in [4.69, 9.17) is 9.15 Å². The first-order chi connectivity index (χ1) is 11.5. The molecule has 0 saturated heterocycles. The van der Waals surface area contributed by atoms with Gasteiger partial charge in [0.25, 0.3) is 0 Å². The lowest BCUT2D eigenvalue weighted by Crippen LogP contribution is -2.15. The number of carbonyl (C=O) groups excluding carboxylic acids is 2. The molecule has 24 heavy (non-hydrogen) atoms. The van der Waals surface area contributed by atoms with E-state index < -0.39 is 5.97 Å². The molecule has 0 atom stereocenters. The number of halogens is 1. The molecule has 3 rings (SSSR count). The van der Waals surface area contributed by atoms with E-state index in [0.29, 0.717) is 10.0 Å². The van der Waals surface area contributed by atoms with Crippen LogP contribution in [0, 0.1) is 6.92 Å². The highest BCUT2D eigenvalue weighted by molar-refractivity contribution is 9.10.